The van der Waals surface area contributed by atoms with E-state index in [2.05, 4.69) is 4.98 Å². The number of aryl methyl sites for hydroxylation is 1. The van der Waals surface area contributed by atoms with Gasteiger partial charge in [-0.2, -0.15) is 5.26 Å². The highest BCUT2D eigenvalue weighted by Crippen LogP contribution is 2.29. The summed E-state index contributed by atoms with van der Waals surface area (Å²) < 4.78 is 4.80. The number of carbonyl (C=O) groups excluding carboxylic acids is 1. The maximum atomic E-state index is 12.0. The van der Waals surface area contributed by atoms with Gasteiger partial charge in [-0.1, -0.05) is 0 Å². The number of carbonyl (C=O) groups is 1. The number of ether oxygens (including phenoxy) is 1. The molecule has 6 nitrogen and oxygen atoms in total. The van der Waals surface area contributed by atoms with Gasteiger partial charge in [0.05, 0.1) is 24.1 Å². The summed E-state index contributed by atoms with van der Waals surface area (Å²) in [4.78, 5) is 17.5. The Morgan fingerprint density at radius 2 is 2.11 bits per heavy atom. The van der Waals surface area contributed by atoms with Gasteiger partial charge in [-0.3, -0.25) is 4.90 Å². The smallest absolute Gasteiger partial charge is 0.414 e. The second-order valence-electron chi connectivity index (χ2n) is 5.11. The monoisotopic (exact) mass is 262 g/mol. The van der Waals surface area contributed by atoms with Crippen molar-refractivity contribution < 1.29 is 9.53 Å². The Morgan fingerprint density at radius 1 is 1.53 bits per heavy atom. The molecule has 0 aliphatic heterocycles. The van der Waals surface area contributed by atoms with Crippen LogP contribution in [-0.2, 0) is 4.74 Å². The molecule has 1 heterocycles. The van der Waals surface area contributed by atoms with Crippen LogP contribution in [0.25, 0.3) is 0 Å². The van der Waals surface area contributed by atoms with Crippen molar-refractivity contribution in [1.82, 2.24) is 4.98 Å². The number of aromatic nitrogens is 1. The molecule has 0 saturated carbocycles. The normalized spacial score (nSPS) is 10.7. The summed E-state index contributed by atoms with van der Waals surface area (Å²) in [6, 6.07) is 3.52. The maximum absolute atomic E-state index is 12.0. The molecule has 0 bridgehead atoms. The Bertz CT molecular complexity index is 541. The molecule has 0 atom stereocenters. The number of anilines is 2. The van der Waals surface area contributed by atoms with Crippen LogP contribution in [-0.4, -0.2) is 23.7 Å². The van der Waals surface area contributed by atoms with E-state index in [1.807, 2.05) is 26.8 Å². The molecule has 0 aliphatic rings. The summed E-state index contributed by atoms with van der Waals surface area (Å²) in [5.74, 6) is 0.155. The predicted octanol–water partition coefficient (Wildman–Crippen LogP) is 2.22. The second kappa shape index (κ2) is 5.14. The van der Waals surface area contributed by atoms with Crippen LogP contribution in [0.5, 0.6) is 0 Å². The lowest BCUT2D eigenvalue weighted by Gasteiger charge is -2.35. The number of hydrogen-bond acceptors (Lipinski definition) is 5. The Morgan fingerprint density at radius 3 is 2.53 bits per heavy atom. The van der Waals surface area contributed by atoms with Gasteiger partial charge in [0.15, 0.2) is 0 Å². The van der Waals surface area contributed by atoms with E-state index in [-0.39, 0.29) is 11.4 Å². The van der Waals surface area contributed by atoms with Crippen LogP contribution < -0.4 is 10.6 Å². The molecule has 0 saturated heterocycles. The number of nitrogens with two attached hydrogens (primary N) is 1. The third-order valence-electron chi connectivity index (χ3n) is 2.61. The molecular weight excluding hydrogens is 244 g/mol. The molecule has 0 aromatic carbocycles. The zero-order valence-electron chi connectivity index (χ0n) is 11.8. The van der Waals surface area contributed by atoms with Gasteiger partial charge in [0.1, 0.15) is 11.9 Å². The van der Waals surface area contributed by atoms with E-state index in [1.165, 1.54) is 12.0 Å². The van der Waals surface area contributed by atoms with Crippen molar-refractivity contribution in [3.8, 4) is 6.07 Å². The molecule has 0 fully saturated rings. The van der Waals surface area contributed by atoms with Crippen LogP contribution in [0.1, 0.15) is 32.0 Å². The number of rotatable bonds is 1. The van der Waals surface area contributed by atoms with E-state index >= 15 is 0 Å². The third-order valence-corrected chi connectivity index (χ3v) is 2.61. The van der Waals surface area contributed by atoms with Crippen molar-refractivity contribution in [2.24, 2.45) is 0 Å². The van der Waals surface area contributed by atoms with E-state index in [1.54, 1.807) is 13.0 Å². The average molecular weight is 262 g/mol. The highest BCUT2D eigenvalue weighted by atomic mass is 16.5. The fourth-order valence-corrected chi connectivity index (χ4v) is 1.75. The van der Waals surface area contributed by atoms with Crippen molar-refractivity contribution in [3.63, 3.8) is 0 Å². The summed E-state index contributed by atoms with van der Waals surface area (Å²) >= 11 is 0. The zero-order valence-corrected chi connectivity index (χ0v) is 11.8. The zero-order chi connectivity index (χ0) is 14.8. The number of amides is 1. The third kappa shape index (κ3) is 2.94. The van der Waals surface area contributed by atoms with Gasteiger partial charge in [-0.05, 0) is 33.8 Å². The van der Waals surface area contributed by atoms with Gasteiger partial charge in [0.25, 0.3) is 0 Å². The molecule has 0 aliphatic carbocycles. The molecule has 0 unspecified atom stereocenters. The number of pyridine rings is 1. The van der Waals surface area contributed by atoms with E-state index < -0.39 is 11.6 Å². The lowest BCUT2D eigenvalue weighted by Crippen LogP contribution is -2.46. The molecule has 0 radical (unpaired) electrons. The fourth-order valence-electron chi connectivity index (χ4n) is 1.75. The lowest BCUT2D eigenvalue weighted by molar-refractivity contribution is 0.172. The minimum atomic E-state index is -0.512. The predicted molar refractivity (Wildman–Crippen MR) is 72.7 cm³/mol. The van der Waals surface area contributed by atoms with Crippen LogP contribution in [0.4, 0.5) is 16.3 Å². The first-order valence-corrected chi connectivity index (χ1v) is 5.77. The van der Waals surface area contributed by atoms with Gasteiger partial charge < -0.3 is 10.5 Å². The van der Waals surface area contributed by atoms with E-state index in [0.717, 1.165) is 0 Å². The Labute approximate surface area is 112 Å². The second-order valence-corrected chi connectivity index (χ2v) is 5.11. The molecule has 0 spiro atoms. The van der Waals surface area contributed by atoms with Crippen molar-refractivity contribution >= 4 is 17.6 Å². The molecule has 6 heteroatoms. The number of nitriles is 1. The fraction of sp³-hybridized carbons (Fsp3) is 0.462. The largest absolute Gasteiger partial charge is 0.452 e. The summed E-state index contributed by atoms with van der Waals surface area (Å²) in [7, 11) is 1.31. The minimum absolute atomic E-state index is 0.155. The van der Waals surface area contributed by atoms with E-state index in [0.29, 0.717) is 11.4 Å². The molecule has 2 N–H and O–H groups in total. The van der Waals surface area contributed by atoms with Gasteiger partial charge >= 0.3 is 6.09 Å². The molecule has 1 aromatic heterocycles. The Kier molecular flexibility index (Phi) is 4.00. The molecule has 19 heavy (non-hydrogen) atoms. The van der Waals surface area contributed by atoms with Crippen molar-refractivity contribution in [2.45, 2.75) is 33.2 Å². The molecule has 1 amide bonds. The van der Waals surface area contributed by atoms with Crippen molar-refractivity contribution in [3.05, 3.63) is 17.3 Å². The van der Waals surface area contributed by atoms with E-state index in [9.17, 15) is 4.79 Å². The maximum Gasteiger partial charge on any atom is 0.414 e. The number of hydrogen-bond donors (Lipinski definition) is 1. The first-order chi connectivity index (χ1) is 8.72. The summed E-state index contributed by atoms with van der Waals surface area (Å²) in [5.41, 5.74) is 6.46. The summed E-state index contributed by atoms with van der Waals surface area (Å²) in [6.45, 7) is 7.33. The summed E-state index contributed by atoms with van der Waals surface area (Å²) in [5, 5.41) is 9.01. The Hall–Kier alpha value is -2.29. The Balaban J connectivity index is 3.48. The van der Waals surface area contributed by atoms with Crippen LogP contribution in [0.3, 0.4) is 0 Å². The highest BCUT2D eigenvalue weighted by molar-refractivity contribution is 5.90. The minimum Gasteiger partial charge on any atom is -0.452 e. The first kappa shape index (κ1) is 14.8. The van der Waals surface area contributed by atoms with E-state index in [4.69, 9.17) is 15.7 Å². The quantitative estimate of drug-likeness (QED) is 0.837. The summed E-state index contributed by atoms with van der Waals surface area (Å²) in [6.07, 6.45) is -0.508. The molecule has 102 valence electrons. The lowest BCUT2D eigenvalue weighted by atomic mass is 10.0. The first-order valence-electron chi connectivity index (χ1n) is 5.77. The van der Waals surface area contributed by atoms with Gasteiger partial charge in [-0.25, -0.2) is 9.78 Å². The average Bonchev–Trinajstić information content (AvgIpc) is 2.30. The van der Waals surface area contributed by atoms with Crippen molar-refractivity contribution in [2.75, 3.05) is 17.7 Å². The molecule has 1 rings (SSSR count). The van der Waals surface area contributed by atoms with Gasteiger partial charge in [0, 0.05) is 5.54 Å². The number of nitrogens with zero attached hydrogens (tertiary/aromatic N) is 3. The van der Waals surface area contributed by atoms with Gasteiger partial charge in [0.2, 0.25) is 0 Å². The van der Waals surface area contributed by atoms with Crippen LogP contribution >= 0.6 is 0 Å². The SMILES string of the molecule is COC(=O)N(c1cc(C#N)c(N)nc1C)C(C)(C)C. The number of nitrogen functional groups attached to an aromatic ring is 1. The number of methoxy groups -OCH3 is 1. The molecule has 1 aromatic rings. The van der Waals surface area contributed by atoms with Crippen molar-refractivity contribution in [1.29, 1.82) is 5.26 Å². The van der Waals surface area contributed by atoms with Crippen LogP contribution in [0.15, 0.2) is 6.07 Å². The topological polar surface area (TPSA) is 92.2 Å². The van der Waals surface area contributed by atoms with Gasteiger partial charge in [-0.15, -0.1) is 0 Å². The van der Waals surface area contributed by atoms with Crippen LogP contribution in [0, 0.1) is 18.3 Å². The highest BCUT2D eigenvalue weighted by Gasteiger charge is 2.31. The molecular formula is C13H18N4O2. The van der Waals surface area contributed by atoms with Crippen LogP contribution in [0.2, 0.25) is 0 Å². The standard InChI is InChI=1S/C13H18N4O2/c1-8-10(6-9(7-14)11(15)16-8)17(12(18)19-5)13(2,3)4/h6H,1-5H3,(H2,15,16).